The maximum atomic E-state index is 13.5. The SMILES string of the molecule is O=C(Nc1ccccc1-c1nc2ccccc2[nH]1)C1CCCN(Cc2cccc(F)c2)C1. The first kappa shape index (κ1) is 20.4. The van der Waals surface area contributed by atoms with Crippen LogP contribution in [0, 0.1) is 11.7 Å². The number of aromatic amines is 1. The number of imidazole rings is 1. The van der Waals surface area contributed by atoms with Crippen LogP contribution in [0.1, 0.15) is 18.4 Å². The van der Waals surface area contributed by atoms with Gasteiger partial charge in [-0.2, -0.15) is 0 Å². The third-order valence-electron chi connectivity index (χ3n) is 6.00. The van der Waals surface area contributed by atoms with Gasteiger partial charge in [-0.1, -0.05) is 36.4 Å². The van der Waals surface area contributed by atoms with Crippen molar-refractivity contribution in [1.29, 1.82) is 0 Å². The molecule has 2 heterocycles. The molecule has 0 radical (unpaired) electrons. The number of likely N-dealkylation sites (tertiary alicyclic amines) is 1. The van der Waals surface area contributed by atoms with Gasteiger partial charge in [-0.25, -0.2) is 9.37 Å². The van der Waals surface area contributed by atoms with E-state index in [1.54, 1.807) is 12.1 Å². The number of anilines is 1. The minimum atomic E-state index is -0.226. The zero-order chi connectivity index (χ0) is 21.9. The molecule has 1 amide bonds. The van der Waals surface area contributed by atoms with Gasteiger partial charge in [-0.05, 0) is 61.3 Å². The van der Waals surface area contributed by atoms with Crippen molar-refractivity contribution in [3.05, 3.63) is 84.2 Å². The highest BCUT2D eigenvalue weighted by Crippen LogP contribution is 2.29. The van der Waals surface area contributed by atoms with Crippen molar-refractivity contribution in [3.8, 4) is 11.4 Å². The molecule has 6 heteroatoms. The Balaban J connectivity index is 1.30. The lowest BCUT2D eigenvalue weighted by Gasteiger charge is -2.32. The summed E-state index contributed by atoms with van der Waals surface area (Å²) in [6, 6.07) is 22.3. The summed E-state index contributed by atoms with van der Waals surface area (Å²) in [6.07, 6.45) is 1.79. The predicted molar refractivity (Wildman–Crippen MR) is 125 cm³/mol. The third-order valence-corrected chi connectivity index (χ3v) is 6.00. The number of H-pyrrole nitrogens is 1. The zero-order valence-corrected chi connectivity index (χ0v) is 17.7. The Hall–Kier alpha value is -3.51. The van der Waals surface area contributed by atoms with Crippen LogP contribution in [0.15, 0.2) is 72.8 Å². The maximum Gasteiger partial charge on any atom is 0.228 e. The Kier molecular flexibility index (Phi) is 5.69. The number of amides is 1. The number of aromatic nitrogens is 2. The van der Waals surface area contributed by atoms with E-state index >= 15 is 0 Å². The van der Waals surface area contributed by atoms with E-state index in [-0.39, 0.29) is 17.6 Å². The first-order valence-corrected chi connectivity index (χ1v) is 11.0. The first-order valence-electron chi connectivity index (χ1n) is 11.0. The molecule has 0 saturated carbocycles. The van der Waals surface area contributed by atoms with Crippen LogP contribution in [0.2, 0.25) is 0 Å². The van der Waals surface area contributed by atoms with Crippen LogP contribution in [-0.4, -0.2) is 33.9 Å². The summed E-state index contributed by atoms with van der Waals surface area (Å²) in [5.41, 5.74) is 4.40. The van der Waals surface area contributed by atoms with E-state index in [4.69, 9.17) is 0 Å². The van der Waals surface area contributed by atoms with Gasteiger partial charge in [0.05, 0.1) is 22.6 Å². The van der Waals surface area contributed by atoms with Crippen LogP contribution in [0.4, 0.5) is 10.1 Å². The van der Waals surface area contributed by atoms with Crippen LogP contribution in [0.5, 0.6) is 0 Å². The normalized spacial score (nSPS) is 16.8. The monoisotopic (exact) mass is 428 g/mol. The average molecular weight is 429 g/mol. The summed E-state index contributed by atoms with van der Waals surface area (Å²) >= 11 is 0. The van der Waals surface area contributed by atoms with Crippen LogP contribution in [0.25, 0.3) is 22.4 Å². The lowest BCUT2D eigenvalue weighted by Crippen LogP contribution is -2.40. The second-order valence-corrected chi connectivity index (χ2v) is 8.34. The van der Waals surface area contributed by atoms with Gasteiger partial charge >= 0.3 is 0 Å². The molecule has 32 heavy (non-hydrogen) atoms. The Bertz CT molecular complexity index is 1220. The first-order chi connectivity index (χ1) is 15.7. The van der Waals surface area contributed by atoms with Crippen molar-refractivity contribution in [3.63, 3.8) is 0 Å². The fourth-order valence-corrected chi connectivity index (χ4v) is 4.42. The van der Waals surface area contributed by atoms with Crippen molar-refractivity contribution >= 4 is 22.6 Å². The Morgan fingerprint density at radius 3 is 2.81 bits per heavy atom. The summed E-state index contributed by atoms with van der Waals surface area (Å²) in [5, 5.41) is 3.13. The molecular formula is C26H25FN4O. The van der Waals surface area contributed by atoms with Crippen molar-refractivity contribution < 1.29 is 9.18 Å². The number of fused-ring (bicyclic) bond motifs is 1. The lowest BCUT2D eigenvalue weighted by molar-refractivity contribution is -0.121. The Labute approximate surface area is 186 Å². The van der Waals surface area contributed by atoms with Crippen LogP contribution in [-0.2, 0) is 11.3 Å². The highest BCUT2D eigenvalue weighted by atomic mass is 19.1. The molecule has 0 spiro atoms. The number of hydrogen-bond acceptors (Lipinski definition) is 3. The minimum Gasteiger partial charge on any atom is -0.338 e. The summed E-state index contributed by atoms with van der Waals surface area (Å²) in [7, 11) is 0. The quantitative estimate of drug-likeness (QED) is 0.458. The molecule has 1 fully saturated rings. The lowest BCUT2D eigenvalue weighted by atomic mass is 9.96. The van der Waals surface area contributed by atoms with E-state index < -0.39 is 0 Å². The summed E-state index contributed by atoms with van der Waals surface area (Å²) in [5.74, 6) is 0.410. The fraction of sp³-hybridized carbons (Fsp3) is 0.231. The van der Waals surface area contributed by atoms with Gasteiger partial charge in [0.15, 0.2) is 0 Å². The van der Waals surface area contributed by atoms with Crippen LogP contribution in [0.3, 0.4) is 0 Å². The van der Waals surface area contributed by atoms with E-state index in [2.05, 4.69) is 20.2 Å². The standard InChI is InChI=1S/C26H25FN4O/c27-20-9-5-7-18(15-20)16-31-14-6-8-19(17-31)26(32)30-22-11-2-1-10-21(22)25-28-23-12-3-4-13-24(23)29-25/h1-5,7,9-13,15,19H,6,8,14,16-17H2,(H,28,29)(H,30,32). The summed E-state index contributed by atoms with van der Waals surface area (Å²) in [4.78, 5) is 23.4. The smallest absolute Gasteiger partial charge is 0.228 e. The van der Waals surface area contributed by atoms with Crippen molar-refractivity contribution in [2.75, 3.05) is 18.4 Å². The molecule has 3 aromatic carbocycles. The maximum absolute atomic E-state index is 13.5. The summed E-state index contributed by atoms with van der Waals surface area (Å²) in [6.45, 7) is 2.22. The summed E-state index contributed by atoms with van der Waals surface area (Å²) < 4.78 is 13.5. The Morgan fingerprint density at radius 1 is 1.09 bits per heavy atom. The van der Waals surface area contributed by atoms with Crippen LogP contribution >= 0.6 is 0 Å². The molecule has 4 aromatic rings. The van der Waals surface area contributed by atoms with Crippen molar-refractivity contribution in [2.24, 2.45) is 5.92 Å². The van der Waals surface area contributed by atoms with Crippen molar-refractivity contribution in [1.82, 2.24) is 14.9 Å². The Morgan fingerprint density at radius 2 is 1.94 bits per heavy atom. The second kappa shape index (κ2) is 8.93. The van der Waals surface area contributed by atoms with E-state index in [0.29, 0.717) is 13.1 Å². The number of rotatable bonds is 5. The molecule has 1 aliphatic rings. The van der Waals surface area contributed by atoms with Gasteiger partial charge < -0.3 is 10.3 Å². The van der Waals surface area contributed by atoms with Crippen molar-refractivity contribution in [2.45, 2.75) is 19.4 Å². The minimum absolute atomic E-state index is 0.0116. The predicted octanol–water partition coefficient (Wildman–Crippen LogP) is 5.22. The van der Waals surface area contributed by atoms with E-state index in [0.717, 1.165) is 53.1 Å². The molecule has 1 aliphatic heterocycles. The van der Waals surface area contributed by atoms with E-state index in [1.807, 2.05) is 54.6 Å². The molecule has 5 rings (SSSR count). The topological polar surface area (TPSA) is 61.0 Å². The average Bonchev–Trinajstić information content (AvgIpc) is 3.24. The van der Waals surface area contributed by atoms with Gasteiger partial charge in [0.1, 0.15) is 11.6 Å². The number of para-hydroxylation sites is 3. The highest BCUT2D eigenvalue weighted by Gasteiger charge is 2.26. The molecule has 1 unspecified atom stereocenters. The van der Waals surface area contributed by atoms with Gasteiger partial charge in [0.2, 0.25) is 5.91 Å². The van der Waals surface area contributed by atoms with Gasteiger partial charge in [-0.15, -0.1) is 0 Å². The molecule has 1 saturated heterocycles. The van der Waals surface area contributed by atoms with E-state index in [1.165, 1.54) is 6.07 Å². The number of piperidine rings is 1. The number of benzene rings is 3. The molecular weight excluding hydrogens is 403 g/mol. The van der Waals surface area contributed by atoms with Crippen LogP contribution < -0.4 is 5.32 Å². The molecule has 162 valence electrons. The highest BCUT2D eigenvalue weighted by molar-refractivity contribution is 5.97. The van der Waals surface area contributed by atoms with Gasteiger partial charge in [0.25, 0.3) is 0 Å². The van der Waals surface area contributed by atoms with Gasteiger partial charge in [-0.3, -0.25) is 9.69 Å². The largest absolute Gasteiger partial charge is 0.338 e. The fourth-order valence-electron chi connectivity index (χ4n) is 4.42. The number of carbonyl (C=O) groups is 1. The molecule has 1 aromatic heterocycles. The zero-order valence-electron chi connectivity index (χ0n) is 17.7. The third kappa shape index (κ3) is 4.41. The molecule has 5 nitrogen and oxygen atoms in total. The molecule has 2 N–H and O–H groups in total. The number of carbonyl (C=O) groups excluding carboxylic acids is 1. The number of nitrogens with one attached hydrogen (secondary N) is 2. The number of hydrogen-bond donors (Lipinski definition) is 2. The number of nitrogens with zero attached hydrogens (tertiary/aromatic N) is 2. The van der Waals surface area contributed by atoms with Gasteiger partial charge in [0, 0.05) is 18.7 Å². The second-order valence-electron chi connectivity index (χ2n) is 8.34. The molecule has 1 atom stereocenters. The molecule has 0 bridgehead atoms. The number of halogens is 1. The van der Waals surface area contributed by atoms with E-state index in [9.17, 15) is 9.18 Å². The molecule has 0 aliphatic carbocycles.